The molecule has 0 atom stereocenters. The molecule has 2 heterocycles. The van der Waals surface area contributed by atoms with Gasteiger partial charge in [-0.05, 0) is 55.4 Å². The maximum atomic E-state index is 11.4. The SMILES string of the molecule is CC1(C)N=C(CCl)OC1=O.CCN(CC)C(=S)SCC1=NC(C)(C)C(=O)O1.CCN(CC)C(=S)[S-].[Na+]. The second-order valence-corrected chi connectivity index (χ2v) is 11.1. The summed E-state index contributed by atoms with van der Waals surface area (Å²) in [6, 6.07) is 0. The smallest absolute Gasteiger partial charge is 0.411 e. The van der Waals surface area contributed by atoms with Crippen LogP contribution in [0.4, 0.5) is 0 Å². The Labute approximate surface area is 263 Å². The van der Waals surface area contributed by atoms with Crippen molar-refractivity contribution >= 4 is 92.8 Å². The molecule has 0 saturated heterocycles. The molecule has 0 bridgehead atoms. The first-order valence-corrected chi connectivity index (χ1v) is 14.0. The van der Waals surface area contributed by atoms with Gasteiger partial charge in [-0.3, -0.25) is 0 Å². The average molecular weight is 607 g/mol. The predicted molar refractivity (Wildman–Crippen MR) is 157 cm³/mol. The molecule has 0 N–H and O–H groups in total. The van der Waals surface area contributed by atoms with Gasteiger partial charge in [-0.2, -0.15) is 0 Å². The number of rotatable bonds is 7. The predicted octanol–water partition coefficient (Wildman–Crippen LogP) is 1.20. The Bertz CT molecular complexity index is 833. The number of thiocarbonyl (C=S) groups is 2. The van der Waals surface area contributed by atoms with Crippen molar-refractivity contribution in [1.29, 1.82) is 0 Å². The van der Waals surface area contributed by atoms with Crippen LogP contribution < -0.4 is 29.6 Å². The molecule has 0 radical (unpaired) electrons. The Kier molecular flexibility index (Phi) is 19.3. The fourth-order valence-corrected chi connectivity index (χ4v) is 4.40. The first kappa shape index (κ1) is 38.1. The van der Waals surface area contributed by atoms with E-state index in [-0.39, 0.29) is 47.4 Å². The number of aliphatic imine (C=N–C) groups is 2. The van der Waals surface area contributed by atoms with Crippen molar-refractivity contribution in [3.63, 3.8) is 0 Å². The first-order valence-electron chi connectivity index (χ1n) is 11.2. The van der Waals surface area contributed by atoms with Gasteiger partial charge in [0.15, 0.2) is 11.1 Å². The fourth-order valence-electron chi connectivity index (χ4n) is 2.52. The van der Waals surface area contributed by atoms with Crippen LogP contribution in [0.5, 0.6) is 0 Å². The standard InChI is InChI=1S/C11H18N2O2S2.C6H8ClNO2.C5H11NS2.Na/c1-5-13(6-2)10(16)17-7-8-12-11(3,4)9(14)15-8;1-6(2)5(9)10-4(3-7)8-6;1-3-6(4-2)5(7)8;/h5-7H2,1-4H3;3H2,1-2H3;3-4H2,1-2H3,(H,7,8);/q;;;+1/p-1. The summed E-state index contributed by atoms with van der Waals surface area (Å²) in [5, 5.41) is 0. The van der Waals surface area contributed by atoms with Crippen LogP contribution in [0.25, 0.3) is 0 Å². The topological polar surface area (TPSA) is 83.8 Å². The Morgan fingerprint density at radius 2 is 1.28 bits per heavy atom. The normalized spacial score (nSPS) is 16.5. The zero-order valence-corrected chi connectivity index (χ0v) is 28.7. The molecule has 0 saturated carbocycles. The number of carbonyl (C=O) groups is 2. The van der Waals surface area contributed by atoms with Crippen LogP contribution in [0, 0.1) is 0 Å². The van der Waals surface area contributed by atoms with E-state index in [1.165, 1.54) is 11.8 Å². The van der Waals surface area contributed by atoms with Crippen molar-refractivity contribution in [3.05, 3.63) is 0 Å². The molecule has 0 amide bonds. The summed E-state index contributed by atoms with van der Waals surface area (Å²) in [4.78, 5) is 34.5. The molecule has 14 heteroatoms. The van der Waals surface area contributed by atoms with E-state index in [0.717, 1.165) is 30.5 Å². The van der Waals surface area contributed by atoms with Crippen molar-refractivity contribution < 1.29 is 48.6 Å². The van der Waals surface area contributed by atoms with E-state index >= 15 is 0 Å². The van der Waals surface area contributed by atoms with Crippen LogP contribution in [0.1, 0.15) is 55.4 Å². The van der Waals surface area contributed by atoms with Crippen LogP contribution in [0.2, 0.25) is 0 Å². The number of nitrogens with zero attached hydrogens (tertiary/aromatic N) is 4. The summed E-state index contributed by atoms with van der Waals surface area (Å²) in [5.41, 5.74) is -1.48. The fraction of sp³-hybridized carbons (Fsp3) is 0.727. The molecular weight excluding hydrogens is 571 g/mol. The van der Waals surface area contributed by atoms with Gasteiger partial charge < -0.3 is 44.1 Å². The third kappa shape index (κ3) is 13.1. The quantitative estimate of drug-likeness (QED) is 0.139. The van der Waals surface area contributed by atoms with Gasteiger partial charge in [-0.1, -0.05) is 28.3 Å². The molecule has 2 aliphatic rings. The minimum absolute atomic E-state index is 0. The number of halogens is 1. The molecule has 0 fully saturated rings. The monoisotopic (exact) mass is 606 g/mol. The second kappa shape index (κ2) is 18.3. The Morgan fingerprint density at radius 3 is 1.50 bits per heavy atom. The second-order valence-electron chi connectivity index (χ2n) is 8.21. The Balaban J connectivity index is 0. The van der Waals surface area contributed by atoms with Gasteiger partial charge >= 0.3 is 41.5 Å². The minimum atomic E-state index is -0.743. The van der Waals surface area contributed by atoms with Gasteiger partial charge in [0.25, 0.3) is 0 Å². The number of hydrogen-bond acceptors (Lipinski definition) is 10. The van der Waals surface area contributed by atoms with Crippen molar-refractivity contribution in [1.82, 2.24) is 9.80 Å². The number of carbonyl (C=O) groups excluding carboxylic acids is 2. The molecule has 0 unspecified atom stereocenters. The number of hydrogen-bond donors (Lipinski definition) is 0. The molecule has 0 aromatic heterocycles. The van der Waals surface area contributed by atoms with E-state index in [1.807, 2.05) is 18.7 Å². The van der Waals surface area contributed by atoms with Gasteiger partial charge in [-0.15, -0.1) is 11.6 Å². The Hall–Kier alpha value is -0.0800. The number of esters is 2. The van der Waals surface area contributed by atoms with Gasteiger partial charge in [0.2, 0.25) is 11.8 Å². The molecule has 0 aromatic rings. The summed E-state index contributed by atoms with van der Waals surface area (Å²) in [7, 11) is 0. The molecule has 200 valence electrons. The van der Waals surface area contributed by atoms with Gasteiger partial charge in [0, 0.05) is 26.2 Å². The van der Waals surface area contributed by atoms with Crippen LogP contribution in [-0.2, 0) is 31.7 Å². The molecule has 0 spiro atoms. The number of ether oxygens (including phenoxy) is 2. The Morgan fingerprint density at radius 1 is 0.889 bits per heavy atom. The van der Waals surface area contributed by atoms with Gasteiger partial charge in [0.1, 0.15) is 4.32 Å². The van der Waals surface area contributed by atoms with Crippen molar-refractivity contribution in [2.75, 3.05) is 37.8 Å². The maximum absolute atomic E-state index is 11.4. The molecule has 36 heavy (non-hydrogen) atoms. The summed E-state index contributed by atoms with van der Waals surface area (Å²) < 4.78 is 11.2. The number of thioether (sulfide) groups is 1. The van der Waals surface area contributed by atoms with E-state index < -0.39 is 11.1 Å². The van der Waals surface area contributed by atoms with E-state index in [0.29, 0.717) is 21.9 Å². The van der Waals surface area contributed by atoms with Crippen LogP contribution in [0.3, 0.4) is 0 Å². The van der Waals surface area contributed by atoms with E-state index in [9.17, 15) is 9.59 Å². The van der Waals surface area contributed by atoms with E-state index in [1.54, 1.807) is 27.7 Å². The molecule has 2 aliphatic heterocycles. The van der Waals surface area contributed by atoms with Gasteiger partial charge in [-0.25, -0.2) is 19.6 Å². The zero-order valence-electron chi connectivity index (χ0n) is 22.7. The van der Waals surface area contributed by atoms with Crippen LogP contribution in [-0.4, -0.2) is 91.1 Å². The first-order chi connectivity index (χ1) is 16.2. The maximum Gasteiger partial charge on any atom is 1.00 e. The molecule has 8 nitrogen and oxygen atoms in total. The number of cyclic esters (lactones) is 2. The van der Waals surface area contributed by atoms with E-state index in [2.05, 4.69) is 28.7 Å². The summed E-state index contributed by atoms with van der Waals surface area (Å²) in [6.07, 6.45) is 0. The zero-order chi connectivity index (χ0) is 27.4. The minimum Gasteiger partial charge on any atom is -0.411 e. The van der Waals surface area contributed by atoms with Crippen molar-refractivity contribution in [2.45, 2.75) is 66.5 Å². The largest absolute Gasteiger partial charge is 1.00 e. The van der Waals surface area contributed by atoms with Crippen molar-refractivity contribution in [2.24, 2.45) is 9.98 Å². The van der Waals surface area contributed by atoms with Crippen LogP contribution >= 0.6 is 47.8 Å². The summed E-state index contributed by atoms with van der Waals surface area (Å²) >= 11 is 21.7. The van der Waals surface area contributed by atoms with E-state index in [4.69, 9.17) is 58.1 Å². The van der Waals surface area contributed by atoms with Gasteiger partial charge in [0.05, 0.1) is 11.6 Å². The van der Waals surface area contributed by atoms with Crippen LogP contribution in [0.15, 0.2) is 9.98 Å². The molecule has 0 aliphatic carbocycles. The third-order valence-corrected chi connectivity index (χ3v) is 6.96. The molecule has 2 rings (SSSR count). The molecule has 0 aromatic carbocycles. The summed E-state index contributed by atoms with van der Waals surface area (Å²) in [6.45, 7) is 18.7. The average Bonchev–Trinajstić information content (AvgIpc) is 3.21. The summed E-state index contributed by atoms with van der Waals surface area (Å²) in [5.74, 6) is 0.848. The third-order valence-electron chi connectivity index (χ3n) is 4.71. The molecular formula is C22H36ClN4NaO4S4. The van der Waals surface area contributed by atoms with Crippen molar-refractivity contribution in [3.8, 4) is 0 Å². The number of alkyl halides is 1.